The fourth-order valence-corrected chi connectivity index (χ4v) is 6.98. The molecule has 0 atom stereocenters. The smallest absolute Gasteiger partial charge is 0.238 e. The molecule has 12 bridgehead atoms. The highest BCUT2D eigenvalue weighted by atomic mass is 15.2. The average Bonchev–Trinajstić information content (AvgIpc) is 3.61. The van der Waals surface area contributed by atoms with Crippen LogP contribution in [0.5, 0.6) is 0 Å². The van der Waals surface area contributed by atoms with Gasteiger partial charge in [-0.3, -0.25) is 4.57 Å². The lowest BCUT2D eigenvalue weighted by Gasteiger charge is -2.12. The second-order valence-electron chi connectivity index (χ2n) is 11.3. The zero-order valence-corrected chi connectivity index (χ0v) is 23.5. The van der Waals surface area contributed by atoms with Gasteiger partial charge in [-0.15, -0.1) is 0 Å². The van der Waals surface area contributed by atoms with Gasteiger partial charge in [0.1, 0.15) is 0 Å². The summed E-state index contributed by atoms with van der Waals surface area (Å²) in [4.78, 5) is 15.3. The summed E-state index contributed by atoms with van der Waals surface area (Å²) in [6.45, 7) is 0. The van der Waals surface area contributed by atoms with E-state index in [1.165, 1.54) is 32.6 Å². The minimum Gasteiger partial charge on any atom is -0.309 e. The van der Waals surface area contributed by atoms with E-state index in [0.29, 0.717) is 17.6 Å². The van der Waals surface area contributed by atoms with Gasteiger partial charge in [0.2, 0.25) is 5.95 Å². The number of hydrogen-bond donors (Lipinski definition) is 0. The van der Waals surface area contributed by atoms with Crippen molar-refractivity contribution >= 4 is 43.6 Å². The first-order chi connectivity index (χ1) is 21.8. The quantitative estimate of drug-likeness (QED) is 0.201. The molecule has 0 N–H and O–H groups in total. The Morgan fingerprint density at radius 2 is 0.909 bits per heavy atom. The van der Waals surface area contributed by atoms with Gasteiger partial charge < -0.3 is 4.57 Å². The van der Waals surface area contributed by atoms with Crippen LogP contribution in [0.3, 0.4) is 0 Å². The van der Waals surface area contributed by atoms with Crippen molar-refractivity contribution in [3.8, 4) is 45.5 Å². The second kappa shape index (κ2) is 8.72. The maximum Gasteiger partial charge on any atom is 0.238 e. The van der Waals surface area contributed by atoms with E-state index in [1.54, 1.807) is 0 Å². The van der Waals surface area contributed by atoms with Crippen LogP contribution in [-0.4, -0.2) is 24.1 Å². The molecule has 204 valence electrons. The number of rotatable bonds is 1. The van der Waals surface area contributed by atoms with E-state index in [-0.39, 0.29) is 0 Å². The van der Waals surface area contributed by atoms with E-state index < -0.39 is 0 Å². The fourth-order valence-electron chi connectivity index (χ4n) is 6.98. The predicted molar refractivity (Wildman–Crippen MR) is 178 cm³/mol. The van der Waals surface area contributed by atoms with Gasteiger partial charge in [-0.25, -0.2) is 4.98 Å². The standard InChI is InChI=1S/C39H23N5/c1-2-10-24(11-3-1)37-40-38-27-14-8-12-25(22-27)26-13-9-15-28(23-26)43-31-18-6-4-16-29(31)35-33(43)20-21-34-36(35)30-17-5-7-19-32(30)44(34)39(41-37)42-38/h1-23H. The number of benzene rings is 6. The molecule has 0 aliphatic carbocycles. The van der Waals surface area contributed by atoms with Crippen LogP contribution in [0.25, 0.3) is 89.2 Å². The number of aromatic nitrogens is 5. The first-order valence-corrected chi connectivity index (χ1v) is 14.8. The maximum absolute atomic E-state index is 5.18. The van der Waals surface area contributed by atoms with Crippen LogP contribution in [0, 0.1) is 0 Å². The molecule has 0 saturated heterocycles. The number of fused-ring (bicyclic) bond motifs is 3. The van der Waals surface area contributed by atoms with E-state index in [0.717, 1.165) is 39.0 Å². The lowest BCUT2D eigenvalue weighted by atomic mass is 10.0. The molecule has 2 aliphatic rings. The number of nitrogens with zero attached hydrogens (tertiary/aromatic N) is 5. The van der Waals surface area contributed by atoms with Crippen molar-refractivity contribution in [1.29, 1.82) is 0 Å². The molecule has 9 aromatic rings. The minimum absolute atomic E-state index is 0.601. The monoisotopic (exact) mass is 561 g/mol. The van der Waals surface area contributed by atoms with Gasteiger partial charge in [-0.2, -0.15) is 9.97 Å². The zero-order valence-electron chi connectivity index (χ0n) is 23.5. The molecule has 0 amide bonds. The molecule has 0 fully saturated rings. The average molecular weight is 562 g/mol. The predicted octanol–water partition coefficient (Wildman–Crippen LogP) is 9.38. The van der Waals surface area contributed by atoms with Crippen LogP contribution < -0.4 is 0 Å². The molecule has 0 unspecified atom stereocenters. The highest BCUT2D eigenvalue weighted by Crippen LogP contribution is 2.42. The van der Waals surface area contributed by atoms with Crippen LogP contribution in [0.15, 0.2) is 140 Å². The van der Waals surface area contributed by atoms with Crippen molar-refractivity contribution in [1.82, 2.24) is 24.1 Å². The van der Waals surface area contributed by atoms with Gasteiger partial charge in [0, 0.05) is 38.4 Å². The highest BCUT2D eigenvalue weighted by Gasteiger charge is 2.23. The van der Waals surface area contributed by atoms with Crippen LogP contribution in [0.2, 0.25) is 0 Å². The molecular weight excluding hydrogens is 538 g/mol. The van der Waals surface area contributed by atoms with Crippen molar-refractivity contribution in [2.75, 3.05) is 0 Å². The van der Waals surface area contributed by atoms with E-state index in [9.17, 15) is 0 Å². The molecule has 5 nitrogen and oxygen atoms in total. The van der Waals surface area contributed by atoms with Crippen molar-refractivity contribution in [2.24, 2.45) is 0 Å². The van der Waals surface area contributed by atoms with Gasteiger partial charge in [0.25, 0.3) is 0 Å². The molecule has 2 aliphatic heterocycles. The first kappa shape index (κ1) is 23.5. The van der Waals surface area contributed by atoms with Crippen LogP contribution in [0.1, 0.15) is 0 Å². The first-order valence-electron chi connectivity index (χ1n) is 14.8. The summed E-state index contributed by atoms with van der Waals surface area (Å²) in [6, 6.07) is 49.3. The fraction of sp³-hybridized carbons (Fsp3) is 0. The Morgan fingerprint density at radius 3 is 1.66 bits per heavy atom. The van der Waals surface area contributed by atoms with E-state index in [1.807, 2.05) is 18.2 Å². The topological polar surface area (TPSA) is 48.5 Å². The molecule has 0 spiro atoms. The Morgan fingerprint density at radius 1 is 0.364 bits per heavy atom. The highest BCUT2D eigenvalue weighted by molar-refractivity contribution is 6.28. The Labute approximate surface area is 252 Å². The Bertz CT molecular complexity index is 2610. The lowest BCUT2D eigenvalue weighted by molar-refractivity contribution is 0.953. The summed E-state index contributed by atoms with van der Waals surface area (Å²) in [7, 11) is 0. The summed E-state index contributed by atoms with van der Waals surface area (Å²) >= 11 is 0. The van der Waals surface area contributed by atoms with Gasteiger partial charge in [-0.1, -0.05) is 97.1 Å². The summed E-state index contributed by atoms with van der Waals surface area (Å²) in [5, 5.41) is 4.81. The van der Waals surface area contributed by atoms with E-state index in [2.05, 4.69) is 130 Å². The van der Waals surface area contributed by atoms with Crippen molar-refractivity contribution < 1.29 is 0 Å². The summed E-state index contributed by atoms with van der Waals surface area (Å²) in [6.07, 6.45) is 0. The molecule has 6 aromatic carbocycles. The Balaban J connectivity index is 1.46. The third kappa shape index (κ3) is 3.21. The zero-order chi connectivity index (χ0) is 28.8. The van der Waals surface area contributed by atoms with Gasteiger partial charge >= 0.3 is 0 Å². The number of hydrogen-bond acceptors (Lipinski definition) is 3. The van der Waals surface area contributed by atoms with E-state index in [4.69, 9.17) is 15.0 Å². The van der Waals surface area contributed by atoms with Crippen LogP contribution in [0.4, 0.5) is 0 Å². The Kier molecular flexibility index (Phi) is 4.66. The lowest BCUT2D eigenvalue weighted by Crippen LogP contribution is -2.06. The molecular formula is C39H23N5. The molecule has 11 rings (SSSR count). The van der Waals surface area contributed by atoms with Crippen molar-refractivity contribution in [3.05, 3.63) is 140 Å². The third-order valence-electron chi connectivity index (χ3n) is 8.89. The van der Waals surface area contributed by atoms with Crippen LogP contribution >= 0.6 is 0 Å². The molecule has 44 heavy (non-hydrogen) atoms. The number of para-hydroxylation sites is 2. The molecule has 3 aromatic heterocycles. The summed E-state index contributed by atoms with van der Waals surface area (Å²) < 4.78 is 4.60. The molecule has 5 heteroatoms. The second-order valence-corrected chi connectivity index (χ2v) is 11.3. The van der Waals surface area contributed by atoms with Gasteiger partial charge in [-0.05, 0) is 53.6 Å². The molecule has 5 heterocycles. The van der Waals surface area contributed by atoms with Crippen LogP contribution in [-0.2, 0) is 0 Å². The summed E-state index contributed by atoms with van der Waals surface area (Å²) in [5.74, 6) is 1.89. The van der Waals surface area contributed by atoms with Gasteiger partial charge in [0.05, 0.1) is 22.1 Å². The largest absolute Gasteiger partial charge is 0.309 e. The SMILES string of the molecule is c1ccc(-c2nc3nc(n2)-n2c4ccccc4c4c5c6ccccc6n(c5ccc42)-c2cccc(c2)-c2cccc-3c2)cc1. The minimum atomic E-state index is 0.601. The van der Waals surface area contributed by atoms with E-state index >= 15 is 0 Å². The van der Waals surface area contributed by atoms with Crippen molar-refractivity contribution in [2.45, 2.75) is 0 Å². The normalized spacial score (nSPS) is 12.1. The summed E-state index contributed by atoms with van der Waals surface area (Å²) in [5.41, 5.74) is 9.75. The maximum atomic E-state index is 5.18. The molecule has 0 radical (unpaired) electrons. The molecule has 0 saturated carbocycles. The third-order valence-corrected chi connectivity index (χ3v) is 8.89. The van der Waals surface area contributed by atoms with Gasteiger partial charge in [0.15, 0.2) is 11.6 Å². The van der Waals surface area contributed by atoms with Crippen molar-refractivity contribution in [3.63, 3.8) is 0 Å². The Hall–Kier alpha value is -6.07.